The van der Waals surface area contributed by atoms with Crippen LogP contribution in [-0.4, -0.2) is 12.5 Å². The minimum absolute atomic E-state index is 0.146. The quantitative estimate of drug-likeness (QED) is 0.293. The SMILES string of the molecule is CCCCCCCCNc1ccc(C(=O)[n+]2c(S)oc3ccccc32)cc1. The van der Waals surface area contributed by atoms with Gasteiger partial charge < -0.3 is 9.73 Å². The van der Waals surface area contributed by atoms with Crippen molar-refractivity contribution in [2.75, 3.05) is 11.9 Å². The van der Waals surface area contributed by atoms with E-state index in [4.69, 9.17) is 4.42 Å². The number of anilines is 1. The van der Waals surface area contributed by atoms with Gasteiger partial charge in [-0.15, -0.1) is 0 Å². The number of benzene rings is 2. The van der Waals surface area contributed by atoms with Crippen LogP contribution in [0.5, 0.6) is 0 Å². The van der Waals surface area contributed by atoms with Gasteiger partial charge in [0.25, 0.3) is 5.52 Å². The molecule has 0 aliphatic heterocycles. The number of nitrogens with one attached hydrogen (secondary N) is 1. The van der Waals surface area contributed by atoms with E-state index in [0.29, 0.717) is 11.1 Å². The monoisotopic (exact) mass is 383 g/mol. The normalized spacial score (nSPS) is 11.0. The Bertz CT molecular complexity index is 887. The number of nitrogens with zero attached hydrogens (tertiary/aromatic N) is 1. The largest absolute Gasteiger partial charge is 0.428 e. The van der Waals surface area contributed by atoms with Crippen LogP contribution in [0.2, 0.25) is 0 Å². The number of hydrogen-bond donors (Lipinski definition) is 2. The predicted octanol–water partition coefficient (Wildman–Crippen LogP) is 5.47. The van der Waals surface area contributed by atoms with Crippen LogP contribution in [0, 0.1) is 0 Å². The molecule has 0 saturated carbocycles. The maximum atomic E-state index is 12.9. The third-order valence-electron chi connectivity index (χ3n) is 4.69. The van der Waals surface area contributed by atoms with Crippen molar-refractivity contribution in [1.29, 1.82) is 0 Å². The van der Waals surface area contributed by atoms with Gasteiger partial charge in [0.15, 0.2) is 0 Å². The molecule has 0 bridgehead atoms. The van der Waals surface area contributed by atoms with Crippen molar-refractivity contribution in [2.45, 2.75) is 50.7 Å². The molecule has 2 aromatic carbocycles. The Balaban J connectivity index is 1.58. The second-order valence-electron chi connectivity index (χ2n) is 6.76. The summed E-state index contributed by atoms with van der Waals surface area (Å²) in [5, 5.41) is 3.71. The third kappa shape index (κ3) is 4.92. The van der Waals surface area contributed by atoms with Crippen LogP contribution in [0.3, 0.4) is 0 Å². The molecule has 0 aliphatic rings. The maximum absolute atomic E-state index is 12.9. The molecule has 0 fully saturated rings. The van der Waals surface area contributed by atoms with Crippen LogP contribution in [0.15, 0.2) is 58.2 Å². The number of fused-ring (bicyclic) bond motifs is 1. The highest BCUT2D eigenvalue weighted by Gasteiger charge is 2.28. The summed E-state index contributed by atoms with van der Waals surface area (Å²) in [7, 11) is 0. The lowest BCUT2D eigenvalue weighted by molar-refractivity contribution is -0.594. The summed E-state index contributed by atoms with van der Waals surface area (Å²) in [5.74, 6) is -0.146. The van der Waals surface area contributed by atoms with E-state index in [2.05, 4.69) is 24.9 Å². The summed E-state index contributed by atoms with van der Waals surface area (Å²) in [6.45, 7) is 3.20. The van der Waals surface area contributed by atoms with Crippen LogP contribution in [-0.2, 0) is 0 Å². The maximum Gasteiger partial charge on any atom is 0.428 e. The lowest BCUT2D eigenvalue weighted by Gasteiger charge is -2.06. The van der Waals surface area contributed by atoms with E-state index in [9.17, 15) is 4.79 Å². The Morgan fingerprint density at radius 1 is 1.00 bits per heavy atom. The molecule has 27 heavy (non-hydrogen) atoms. The Morgan fingerprint density at radius 2 is 1.70 bits per heavy atom. The zero-order valence-electron chi connectivity index (χ0n) is 15.8. The number of oxazole rings is 1. The molecule has 0 unspecified atom stereocenters. The van der Waals surface area contributed by atoms with Crippen molar-refractivity contribution in [3.63, 3.8) is 0 Å². The number of thiol groups is 1. The zero-order valence-corrected chi connectivity index (χ0v) is 16.7. The highest BCUT2D eigenvalue weighted by atomic mass is 32.1. The first-order valence-corrected chi connectivity index (χ1v) is 10.2. The number of para-hydroxylation sites is 2. The highest BCUT2D eigenvalue weighted by Crippen LogP contribution is 2.17. The molecular weight excluding hydrogens is 356 g/mol. The fraction of sp³-hybridized carbons (Fsp3) is 0.364. The Hall–Kier alpha value is -2.27. The van der Waals surface area contributed by atoms with Gasteiger partial charge in [-0.3, -0.25) is 0 Å². The van der Waals surface area contributed by atoms with Gasteiger partial charge in [-0.2, -0.15) is 0 Å². The van der Waals surface area contributed by atoms with Crippen LogP contribution < -0.4 is 9.88 Å². The van der Waals surface area contributed by atoms with Crippen LogP contribution in [0.1, 0.15) is 55.8 Å². The minimum atomic E-state index is -0.146. The number of carbonyl (C=O) groups is 1. The first kappa shape index (κ1) is 19.5. The fourth-order valence-electron chi connectivity index (χ4n) is 3.17. The minimum Gasteiger partial charge on any atom is -0.392 e. The van der Waals surface area contributed by atoms with E-state index in [1.807, 2.05) is 48.5 Å². The van der Waals surface area contributed by atoms with Crippen molar-refractivity contribution in [3.8, 4) is 0 Å². The molecule has 142 valence electrons. The van der Waals surface area contributed by atoms with Gasteiger partial charge >= 0.3 is 11.1 Å². The Morgan fingerprint density at radius 3 is 2.48 bits per heavy atom. The smallest absolute Gasteiger partial charge is 0.392 e. The predicted molar refractivity (Wildman–Crippen MR) is 112 cm³/mol. The molecule has 3 aromatic rings. The van der Waals surface area contributed by atoms with Crippen LogP contribution in [0.25, 0.3) is 11.1 Å². The molecule has 0 atom stereocenters. The molecule has 4 nitrogen and oxygen atoms in total. The fourth-order valence-corrected chi connectivity index (χ4v) is 3.47. The summed E-state index contributed by atoms with van der Waals surface area (Å²) in [6.07, 6.45) is 7.69. The summed E-state index contributed by atoms with van der Waals surface area (Å²) < 4.78 is 7.06. The van der Waals surface area contributed by atoms with Gasteiger partial charge in [0.2, 0.25) is 5.58 Å². The lowest BCUT2D eigenvalue weighted by Crippen LogP contribution is -2.43. The molecule has 3 rings (SSSR count). The second kappa shape index (κ2) is 9.60. The van der Waals surface area contributed by atoms with Gasteiger partial charge in [-0.25, -0.2) is 4.79 Å². The molecule has 1 aromatic heterocycles. The van der Waals surface area contributed by atoms with Crippen molar-refractivity contribution < 1.29 is 13.8 Å². The van der Waals surface area contributed by atoms with Crippen molar-refractivity contribution in [2.24, 2.45) is 0 Å². The van der Waals surface area contributed by atoms with Gasteiger partial charge in [-0.05, 0) is 49.4 Å². The highest BCUT2D eigenvalue weighted by molar-refractivity contribution is 7.79. The van der Waals surface area contributed by atoms with E-state index in [-0.39, 0.29) is 11.1 Å². The van der Waals surface area contributed by atoms with Gasteiger partial charge in [-0.1, -0.05) is 55.7 Å². The van der Waals surface area contributed by atoms with E-state index >= 15 is 0 Å². The second-order valence-corrected chi connectivity index (χ2v) is 7.15. The molecule has 5 heteroatoms. The van der Waals surface area contributed by atoms with Gasteiger partial charge in [0.1, 0.15) is 0 Å². The van der Waals surface area contributed by atoms with E-state index in [1.54, 1.807) is 0 Å². The summed E-state index contributed by atoms with van der Waals surface area (Å²) in [5.41, 5.74) is 3.01. The molecule has 1 heterocycles. The number of hydrogen-bond acceptors (Lipinski definition) is 4. The summed E-state index contributed by atoms with van der Waals surface area (Å²) in [6, 6.07) is 15.0. The molecule has 0 aliphatic carbocycles. The average molecular weight is 384 g/mol. The van der Waals surface area contributed by atoms with E-state index in [1.165, 1.54) is 43.1 Å². The molecular formula is C22H27N2O2S+. The van der Waals surface area contributed by atoms with Gasteiger partial charge in [0, 0.05) is 18.3 Å². The molecule has 0 spiro atoms. The van der Waals surface area contributed by atoms with Crippen molar-refractivity contribution >= 4 is 35.3 Å². The molecule has 1 N–H and O–H groups in total. The molecule has 0 radical (unpaired) electrons. The Kier molecular flexibility index (Phi) is 6.93. The van der Waals surface area contributed by atoms with E-state index in [0.717, 1.165) is 17.7 Å². The first-order valence-electron chi connectivity index (χ1n) is 9.72. The topological polar surface area (TPSA) is 46.1 Å². The summed E-state index contributed by atoms with van der Waals surface area (Å²) >= 11 is 4.32. The van der Waals surface area contributed by atoms with Crippen molar-refractivity contribution in [3.05, 3.63) is 54.1 Å². The van der Waals surface area contributed by atoms with Gasteiger partial charge in [0.05, 0.1) is 5.56 Å². The summed E-state index contributed by atoms with van der Waals surface area (Å²) in [4.78, 5) is 12.9. The van der Waals surface area contributed by atoms with Crippen molar-refractivity contribution in [1.82, 2.24) is 0 Å². The standard InChI is InChI=1S/C22H26N2O2S/c1-2-3-4-5-6-9-16-23-18-14-12-17(13-15-18)21(25)24-19-10-7-8-11-20(19)26-22(24)27/h7-8,10-15H,2-6,9,16H2,1H3,(H,23,25)/p+1. The third-order valence-corrected chi connectivity index (χ3v) is 4.98. The average Bonchev–Trinajstić information content (AvgIpc) is 3.03. The molecule has 0 saturated heterocycles. The molecule has 0 amide bonds. The first-order chi connectivity index (χ1) is 13.2. The zero-order chi connectivity index (χ0) is 19.1. The number of rotatable bonds is 9. The number of aromatic nitrogens is 1. The van der Waals surface area contributed by atoms with E-state index < -0.39 is 0 Å². The van der Waals surface area contributed by atoms with Crippen LogP contribution >= 0.6 is 12.6 Å². The number of carbonyl (C=O) groups excluding carboxylic acids is 1. The Labute approximate surface area is 166 Å². The lowest BCUT2D eigenvalue weighted by atomic mass is 10.1. The van der Waals surface area contributed by atoms with Crippen LogP contribution in [0.4, 0.5) is 5.69 Å². The number of unbranched alkanes of at least 4 members (excludes halogenated alkanes) is 5.